The molecule has 0 spiro atoms. The van der Waals surface area contributed by atoms with E-state index in [-0.39, 0.29) is 17.4 Å². The van der Waals surface area contributed by atoms with E-state index in [1.54, 1.807) is 0 Å². The van der Waals surface area contributed by atoms with Crippen molar-refractivity contribution >= 4 is 0 Å². The monoisotopic (exact) mass is 164 g/mol. The summed E-state index contributed by atoms with van der Waals surface area (Å²) in [6.45, 7) is 0. The third kappa shape index (κ3) is 0.576. The van der Waals surface area contributed by atoms with Gasteiger partial charge in [0.05, 0.1) is 0 Å². The van der Waals surface area contributed by atoms with Crippen LogP contribution in [0.25, 0.3) is 0 Å². The molecular weight excluding hydrogens is 152 g/mol. The fourth-order valence-electron chi connectivity index (χ4n) is 3.13. The van der Waals surface area contributed by atoms with Gasteiger partial charge in [-0.15, -0.1) is 0 Å². The molecule has 3 rings (SSSR count). The largest absolute Gasteiger partial charge is 0.509 e. The summed E-state index contributed by atoms with van der Waals surface area (Å²) >= 11 is 0. The Hall–Kier alpha value is -0.920. The molecule has 0 aliphatic heterocycles. The topological polar surface area (TPSA) is 40.5 Å². The predicted octanol–water partition coefficient (Wildman–Crippen LogP) is 2.16. The molecule has 0 saturated heterocycles. The lowest BCUT2D eigenvalue weighted by Crippen LogP contribution is -2.15. The maximum Gasteiger partial charge on any atom is 0.133 e. The highest BCUT2D eigenvalue weighted by Crippen LogP contribution is 2.56. The van der Waals surface area contributed by atoms with E-state index in [4.69, 9.17) is 0 Å². The molecule has 0 aromatic heterocycles. The van der Waals surface area contributed by atoms with E-state index >= 15 is 0 Å². The second-order valence-corrected chi connectivity index (χ2v) is 4.17. The Balaban J connectivity index is 2.03. The van der Waals surface area contributed by atoms with Gasteiger partial charge in [-0.1, -0.05) is 12.2 Å². The van der Waals surface area contributed by atoms with Gasteiger partial charge < -0.3 is 10.2 Å². The highest BCUT2D eigenvalue weighted by atomic mass is 16.3. The van der Waals surface area contributed by atoms with Gasteiger partial charge >= 0.3 is 0 Å². The van der Waals surface area contributed by atoms with Gasteiger partial charge in [-0.3, -0.25) is 0 Å². The summed E-state index contributed by atoms with van der Waals surface area (Å²) < 4.78 is 0. The lowest BCUT2D eigenvalue weighted by Gasteiger charge is -2.19. The van der Waals surface area contributed by atoms with Crippen molar-refractivity contribution in [2.75, 3.05) is 0 Å². The first kappa shape index (κ1) is 6.58. The molecule has 3 aliphatic carbocycles. The van der Waals surface area contributed by atoms with E-state index in [1.807, 2.05) is 0 Å². The summed E-state index contributed by atoms with van der Waals surface area (Å²) in [5.41, 5.74) is 0. The summed E-state index contributed by atoms with van der Waals surface area (Å²) in [5, 5.41) is 19.0. The Morgan fingerprint density at radius 1 is 1.17 bits per heavy atom. The van der Waals surface area contributed by atoms with Crippen molar-refractivity contribution in [2.45, 2.75) is 12.8 Å². The molecular formula is C10H12O2. The summed E-state index contributed by atoms with van der Waals surface area (Å²) in [6.07, 6.45) is 6.33. The summed E-state index contributed by atoms with van der Waals surface area (Å²) in [6, 6.07) is 0. The molecule has 1 fully saturated rings. The van der Waals surface area contributed by atoms with Crippen LogP contribution in [0, 0.1) is 23.7 Å². The molecule has 0 aromatic rings. The van der Waals surface area contributed by atoms with Crippen LogP contribution in [-0.4, -0.2) is 10.2 Å². The molecule has 2 nitrogen and oxygen atoms in total. The third-order valence-electron chi connectivity index (χ3n) is 3.66. The number of fused-ring (bicyclic) bond motifs is 5. The standard InChI is InChI=1S/C10H12O2/c11-8-4-7-5-1-2-6(3-5)9(7)10(8)12/h1-2,5-7,9,11-12H,3-4H2. The fraction of sp³-hybridized carbons (Fsp3) is 0.600. The second kappa shape index (κ2) is 1.87. The predicted molar refractivity (Wildman–Crippen MR) is 44.6 cm³/mol. The van der Waals surface area contributed by atoms with Gasteiger partial charge in [0.25, 0.3) is 0 Å². The Labute approximate surface area is 71.2 Å². The van der Waals surface area contributed by atoms with Crippen LogP contribution in [0.1, 0.15) is 12.8 Å². The molecule has 2 bridgehead atoms. The Bertz CT molecular complexity index is 290. The van der Waals surface area contributed by atoms with Gasteiger partial charge in [-0.05, 0) is 24.2 Å². The van der Waals surface area contributed by atoms with Crippen molar-refractivity contribution in [3.8, 4) is 0 Å². The first-order valence-corrected chi connectivity index (χ1v) is 4.56. The smallest absolute Gasteiger partial charge is 0.133 e. The SMILES string of the molecule is OC1=C(O)C2C3C=CC(C3)C2C1. The number of hydrogen-bond donors (Lipinski definition) is 2. The molecule has 2 heteroatoms. The molecule has 4 unspecified atom stereocenters. The van der Waals surface area contributed by atoms with Crippen LogP contribution in [0.3, 0.4) is 0 Å². The first-order chi connectivity index (χ1) is 5.77. The number of aliphatic hydroxyl groups is 2. The van der Waals surface area contributed by atoms with E-state index < -0.39 is 0 Å². The van der Waals surface area contributed by atoms with Gasteiger partial charge in [0, 0.05) is 12.3 Å². The van der Waals surface area contributed by atoms with Crippen molar-refractivity contribution in [1.82, 2.24) is 0 Å². The normalized spacial score (nSPS) is 49.0. The highest BCUT2D eigenvalue weighted by Gasteiger charge is 2.50. The van der Waals surface area contributed by atoms with Crippen molar-refractivity contribution < 1.29 is 10.2 Å². The van der Waals surface area contributed by atoms with Crippen LogP contribution in [0.2, 0.25) is 0 Å². The van der Waals surface area contributed by atoms with Gasteiger partial charge in [0.15, 0.2) is 0 Å². The van der Waals surface area contributed by atoms with Crippen LogP contribution in [0.15, 0.2) is 23.7 Å². The summed E-state index contributed by atoms with van der Waals surface area (Å²) in [4.78, 5) is 0. The van der Waals surface area contributed by atoms with E-state index in [0.29, 0.717) is 24.2 Å². The number of aliphatic hydroxyl groups excluding tert-OH is 2. The molecule has 64 valence electrons. The minimum absolute atomic E-state index is 0.239. The van der Waals surface area contributed by atoms with Crippen LogP contribution in [0.5, 0.6) is 0 Å². The van der Waals surface area contributed by atoms with E-state index in [9.17, 15) is 10.2 Å². The van der Waals surface area contributed by atoms with E-state index in [0.717, 1.165) is 0 Å². The zero-order valence-corrected chi connectivity index (χ0v) is 6.77. The van der Waals surface area contributed by atoms with Crippen molar-refractivity contribution in [1.29, 1.82) is 0 Å². The van der Waals surface area contributed by atoms with E-state index in [1.165, 1.54) is 6.42 Å². The third-order valence-corrected chi connectivity index (χ3v) is 3.66. The first-order valence-electron chi connectivity index (χ1n) is 4.56. The van der Waals surface area contributed by atoms with Crippen molar-refractivity contribution in [2.24, 2.45) is 23.7 Å². The minimum Gasteiger partial charge on any atom is -0.509 e. The molecule has 1 saturated carbocycles. The van der Waals surface area contributed by atoms with E-state index in [2.05, 4.69) is 12.2 Å². The average molecular weight is 164 g/mol. The number of hydrogen-bond acceptors (Lipinski definition) is 2. The fourth-order valence-corrected chi connectivity index (χ4v) is 3.13. The zero-order chi connectivity index (χ0) is 8.29. The second-order valence-electron chi connectivity index (χ2n) is 4.17. The molecule has 12 heavy (non-hydrogen) atoms. The van der Waals surface area contributed by atoms with Crippen molar-refractivity contribution in [3.05, 3.63) is 23.7 Å². The van der Waals surface area contributed by atoms with Crippen LogP contribution in [0.4, 0.5) is 0 Å². The van der Waals surface area contributed by atoms with Gasteiger partial charge in [-0.2, -0.15) is 0 Å². The molecule has 0 radical (unpaired) electrons. The van der Waals surface area contributed by atoms with Crippen LogP contribution >= 0.6 is 0 Å². The lowest BCUT2D eigenvalue weighted by molar-refractivity contribution is 0.270. The quantitative estimate of drug-likeness (QED) is 0.538. The Morgan fingerprint density at radius 3 is 2.67 bits per heavy atom. The molecule has 0 aromatic carbocycles. The molecule has 0 heterocycles. The van der Waals surface area contributed by atoms with Crippen LogP contribution < -0.4 is 0 Å². The maximum absolute atomic E-state index is 9.59. The summed E-state index contributed by atoms with van der Waals surface area (Å²) in [5.74, 6) is 2.39. The minimum atomic E-state index is 0.239. The van der Waals surface area contributed by atoms with Crippen molar-refractivity contribution in [3.63, 3.8) is 0 Å². The zero-order valence-electron chi connectivity index (χ0n) is 6.77. The summed E-state index contributed by atoms with van der Waals surface area (Å²) in [7, 11) is 0. The van der Waals surface area contributed by atoms with Gasteiger partial charge in [0.2, 0.25) is 0 Å². The molecule has 0 amide bonds. The lowest BCUT2D eigenvalue weighted by atomic mass is 9.85. The highest BCUT2D eigenvalue weighted by molar-refractivity contribution is 5.26. The Kier molecular flexibility index (Phi) is 1.03. The Morgan fingerprint density at radius 2 is 1.92 bits per heavy atom. The van der Waals surface area contributed by atoms with Crippen LogP contribution in [-0.2, 0) is 0 Å². The van der Waals surface area contributed by atoms with Gasteiger partial charge in [0.1, 0.15) is 11.5 Å². The molecule has 2 N–H and O–H groups in total. The number of allylic oxidation sites excluding steroid dienone is 4. The number of rotatable bonds is 0. The average Bonchev–Trinajstić information content (AvgIpc) is 2.66. The molecule has 3 aliphatic rings. The molecule has 4 atom stereocenters. The maximum atomic E-state index is 9.59. The van der Waals surface area contributed by atoms with Gasteiger partial charge in [-0.25, -0.2) is 0 Å².